The van der Waals surface area contributed by atoms with Gasteiger partial charge in [-0.3, -0.25) is 14.6 Å². The molecule has 0 fully saturated rings. The van der Waals surface area contributed by atoms with Crippen LogP contribution >= 0.6 is 23.2 Å². The van der Waals surface area contributed by atoms with Gasteiger partial charge in [-0.15, -0.1) is 0 Å². The zero-order valence-corrected chi connectivity index (χ0v) is 19.9. The van der Waals surface area contributed by atoms with Crippen LogP contribution in [0.2, 0.25) is 10.0 Å². The number of nitrogens with zero attached hydrogens (tertiary/aromatic N) is 2. The summed E-state index contributed by atoms with van der Waals surface area (Å²) in [5.74, 6) is 4.17. The summed E-state index contributed by atoms with van der Waals surface area (Å²) in [7, 11) is 0. The lowest BCUT2D eigenvalue weighted by atomic mass is 10.1. The molecule has 0 unspecified atom stereocenters. The summed E-state index contributed by atoms with van der Waals surface area (Å²) in [4.78, 5) is 29.8. The van der Waals surface area contributed by atoms with Crippen LogP contribution in [0.15, 0.2) is 54.4 Å². The number of allylic oxidation sites excluding steroid dienone is 2. The highest BCUT2D eigenvalue weighted by Gasteiger charge is 2.33. The number of carbonyl (C=O) groups excluding carboxylic acids is 2. The molecule has 2 rings (SSSR count). The van der Waals surface area contributed by atoms with Gasteiger partial charge in [-0.05, 0) is 56.7 Å². The van der Waals surface area contributed by atoms with Crippen molar-refractivity contribution in [3.8, 4) is 0 Å². The monoisotopic (exact) mass is 515 g/mol. The predicted molar refractivity (Wildman–Crippen MR) is 127 cm³/mol. The van der Waals surface area contributed by atoms with E-state index in [0.29, 0.717) is 16.6 Å². The maximum Gasteiger partial charge on any atom is 0.415 e. The number of hydrogen-bond donors (Lipinski definition) is 3. The summed E-state index contributed by atoms with van der Waals surface area (Å²) < 4.78 is 39.6. The highest BCUT2D eigenvalue weighted by Crippen LogP contribution is 2.30. The Kier molecular flexibility index (Phi) is 8.71. The lowest BCUT2D eigenvalue weighted by Gasteiger charge is -2.23. The summed E-state index contributed by atoms with van der Waals surface area (Å²) in [6, 6.07) is 5.46. The number of nitrogens with one attached hydrogen (secondary N) is 2. The molecule has 0 bridgehead atoms. The zero-order valence-electron chi connectivity index (χ0n) is 18.4. The molecule has 1 aromatic carbocycles. The van der Waals surface area contributed by atoms with Crippen molar-refractivity contribution in [3.05, 3.63) is 75.6 Å². The minimum absolute atomic E-state index is 0.0130. The molecule has 1 aromatic heterocycles. The first-order valence-electron chi connectivity index (χ1n) is 9.77. The van der Waals surface area contributed by atoms with E-state index in [0.717, 1.165) is 0 Å². The van der Waals surface area contributed by atoms with E-state index < -0.39 is 29.3 Å². The maximum absolute atomic E-state index is 13.2. The van der Waals surface area contributed by atoms with Crippen molar-refractivity contribution in [1.29, 1.82) is 0 Å². The van der Waals surface area contributed by atoms with E-state index in [-0.39, 0.29) is 33.2 Å². The molecule has 0 aliphatic carbocycles. The first kappa shape index (κ1) is 27.2. The molecular weight excluding hydrogens is 494 g/mol. The van der Waals surface area contributed by atoms with Crippen LogP contribution in [-0.4, -0.2) is 29.0 Å². The molecule has 2 aromatic rings. The number of nitrogens with two attached hydrogens (primary N) is 1. The number of benzene rings is 1. The number of halogens is 5. The van der Waals surface area contributed by atoms with Crippen LogP contribution in [-0.2, 0) is 4.79 Å². The van der Waals surface area contributed by atoms with Crippen molar-refractivity contribution in [2.75, 3.05) is 10.3 Å². The average Bonchev–Trinajstić information content (AvgIpc) is 2.72. The molecular formula is C22H22Cl2F3N5O2. The quantitative estimate of drug-likeness (QED) is 0.205. The van der Waals surface area contributed by atoms with E-state index in [2.05, 4.69) is 22.2 Å². The smallest absolute Gasteiger partial charge is 0.350 e. The number of aryl methyl sites for hydroxylation is 1. The second kappa shape index (κ2) is 10.9. The van der Waals surface area contributed by atoms with Crippen molar-refractivity contribution >= 4 is 46.5 Å². The van der Waals surface area contributed by atoms with Crippen molar-refractivity contribution in [2.24, 2.45) is 5.84 Å². The SMILES string of the molecule is C=C(/C=C(/C(=O)Nc1c(C)cc(Cl)cc1C(=O)NC(C)C)N(N)c1ncccc1Cl)C(F)(F)F. The molecule has 0 aliphatic rings. The van der Waals surface area contributed by atoms with Crippen molar-refractivity contribution in [1.82, 2.24) is 10.3 Å². The van der Waals surface area contributed by atoms with Gasteiger partial charge in [0.25, 0.3) is 11.8 Å². The molecule has 7 nitrogen and oxygen atoms in total. The minimum atomic E-state index is -4.83. The first-order chi connectivity index (χ1) is 15.7. The van der Waals surface area contributed by atoms with E-state index in [1.165, 1.54) is 30.5 Å². The Labute approximate surface area is 204 Å². The molecule has 1 heterocycles. The Morgan fingerprint density at radius 1 is 1.26 bits per heavy atom. The van der Waals surface area contributed by atoms with Gasteiger partial charge in [0.2, 0.25) is 0 Å². The number of carbonyl (C=O) groups is 2. The number of anilines is 2. The first-order valence-corrected chi connectivity index (χ1v) is 10.5. The number of hydrazine groups is 1. The highest BCUT2D eigenvalue weighted by atomic mass is 35.5. The topological polar surface area (TPSA) is 100 Å². The minimum Gasteiger partial charge on any atom is -0.350 e. The summed E-state index contributed by atoms with van der Waals surface area (Å²) >= 11 is 12.1. The average molecular weight is 516 g/mol. The van der Waals surface area contributed by atoms with E-state index in [1.807, 2.05) is 0 Å². The maximum atomic E-state index is 13.2. The third-order valence-corrected chi connectivity index (χ3v) is 4.85. The van der Waals surface area contributed by atoms with Crippen LogP contribution in [0.25, 0.3) is 0 Å². The van der Waals surface area contributed by atoms with Crippen LogP contribution in [0.3, 0.4) is 0 Å². The number of hydrogen-bond acceptors (Lipinski definition) is 5. The van der Waals surface area contributed by atoms with Crippen LogP contribution in [0, 0.1) is 6.92 Å². The van der Waals surface area contributed by atoms with Crippen LogP contribution < -0.4 is 21.5 Å². The Morgan fingerprint density at radius 2 is 1.91 bits per heavy atom. The number of pyridine rings is 1. The van der Waals surface area contributed by atoms with Gasteiger partial charge in [-0.1, -0.05) is 29.8 Å². The van der Waals surface area contributed by atoms with E-state index in [9.17, 15) is 22.8 Å². The van der Waals surface area contributed by atoms with Gasteiger partial charge in [0.1, 0.15) is 5.70 Å². The fraction of sp³-hybridized carbons (Fsp3) is 0.227. The molecule has 34 heavy (non-hydrogen) atoms. The van der Waals surface area contributed by atoms with Gasteiger partial charge in [-0.2, -0.15) is 13.2 Å². The molecule has 0 spiro atoms. The molecule has 2 amide bonds. The fourth-order valence-corrected chi connectivity index (χ4v) is 3.25. The normalized spacial score (nSPS) is 11.9. The Bertz CT molecular complexity index is 1150. The Morgan fingerprint density at radius 3 is 2.47 bits per heavy atom. The zero-order chi connectivity index (χ0) is 25.8. The lowest BCUT2D eigenvalue weighted by Crippen LogP contribution is -2.38. The van der Waals surface area contributed by atoms with Crippen LogP contribution in [0.1, 0.15) is 29.8 Å². The second-order valence-electron chi connectivity index (χ2n) is 7.46. The lowest BCUT2D eigenvalue weighted by molar-refractivity contribution is -0.113. The third kappa shape index (κ3) is 6.72. The standard InChI is InChI=1S/C22H22Cl2F3N5O2/c1-11(2)30-20(33)15-10-14(23)8-12(3)18(15)31-21(34)17(9-13(4)22(25,26)27)32(28)19-16(24)6-5-7-29-19/h5-11H,4,28H2,1-3H3,(H,30,33)(H,31,34)/b17-9-. The van der Waals surface area contributed by atoms with Gasteiger partial charge in [0.05, 0.1) is 21.8 Å². The molecule has 0 atom stereocenters. The van der Waals surface area contributed by atoms with Gasteiger partial charge in [0, 0.05) is 17.3 Å². The fourth-order valence-electron chi connectivity index (χ4n) is 2.77. The highest BCUT2D eigenvalue weighted by molar-refractivity contribution is 6.33. The Hall–Kier alpha value is -3.08. The van der Waals surface area contributed by atoms with Crippen molar-refractivity contribution in [2.45, 2.75) is 33.0 Å². The molecule has 4 N–H and O–H groups in total. The largest absolute Gasteiger partial charge is 0.415 e. The van der Waals surface area contributed by atoms with Crippen LogP contribution in [0.5, 0.6) is 0 Å². The van der Waals surface area contributed by atoms with E-state index >= 15 is 0 Å². The van der Waals surface area contributed by atoms with Gasteiger partial charge >= 0.3 is 6.18 Å². The number of alkyl halides is 3. The molecule has 0 radical (unpaired) electrons. The Balaban J connectivity index is 2.57. The van der Waals surface area contributed by atoms with E-state index in [1.54, 1.807) is 20.8 Å². The predicted octanol–water partition coefficient (Wildman–Crippen LogP) is 5.16. The van der Waals surface area contributed by atoms with E-state index in [4.69, 9.17) is 29.0 Å². The van der Waals surface area contributed by atoms with Crippen molar-refractivity contribution in [3.63, 3.8) is 0 Å². The third-order valence-electron chi connectivity index (χ3n) is 4.34. The van der Waals surface area contributed by atoms with Crippen molar-refractivity contribution < 1.29 is 22.8 Å². The number of amides is 2. The molecule has 0 aliphatic heterocycles. The van der Waals surface area contributed by atoms with Gasteiger partial charge < -0.3 is 10.6 Å². The number of rotatable bonds is 7. The molecule has 182 valence electrons. The summed E-state index contributed by atoms with van der Waals surface area (Å²) in [6.45, 7) is 8.01. The van der Waals surface area contributed by atoms with Gasteiger partial charge in [0.15, 0.2) is 5.82 Å². The molecule has 12 heteroatoms. The summed E-state index contributed by atoms with van der Waals surface area (Å²) in [5, 5.41) is 5.96. The molecule has 0 saturated carbocycles. The summed E-state index contributed by atoms with van der Waals surface area (Å²) in [5.41, 5.74) is -1.57. The second-order valence-corrected chi connectivity index (χ2v) is 8.30. The summed E-state index contributed by atoms with van der Waals surface area (Å²) in [6.07, 6.45) is -3.08. The van der Waals surface area contributed by atoms with Crippen LogP contribution in [0.4, 0.5) is 24.7 Å². The van der Waals surface area contributed by atoms with Gasteiger partial charge in [-0.25, -0.2) is 10.8 Å². The molecule has 0 saturated heterocycles. The number of aromatic nitrogens is 1.